The van der Waals surface area contributed by atoms with E-state index < -0.39 is 5.41 Å². The highest BCUT2D eigenvalue weighted by Gasteiger charge is 2.34. The van der Waals surface area contributed by atoms with Gasteiger partial charge in [-0.3, -0.25) is 0 Å². The molecule has 0 saturated carbocycles. The molecule has 4 rings (SSSR count). The van der Waals surface area contributed by atoms with E-state index in [2.05, 4.69) is 79.0 Å². The van der Waals surface area contributed by atoms with Gasteiger partial charge in [0.2, 0.25) is 0 Å². The number of hydrogen-bond acceptors (Lipinski definition) is 3. The van der Waals surface area contributed by atoms with Crippen LogP contribution in [0, 0.1) is 28.1 Å². The van der Waals surface area contributed by atoms with Crippen molar-refractivity contribution in [3.63, 3.8) is 0 Å². The van der Waals surface area contributed by atoms with Gasteiger partial charge in [-0.25, -0.2) is 0 Å². The summed E-state index contributed by atoms with van der Waals surface area (Å²) in [6, 6.07) is 39.1. The van der Waals surface area contributed by atoms with E-state index in [9.17, 15) is 10.5 Å². The van der Waals surface area contributed by atoms with E-state index in [0.29, 0.717) is 10.6 Å². The molecular weight excluding hydrogens is 486 g/mol. The van der Waals surface area contributed by atoms with Crippen molar-refractivity contribution in [3.8, 4) is 23.3 Å². The Kier molecular flexibility index (Phi) is 8.65. The maximum atomic E-state index is 10.1. The number of nitrogens with zero attached hydrogens (tertiary/aromatic N) is 2. The van der Waals surface area contributed by atoms with Gasteiger partial charge in [0.15, 0.2) is 0 Å². The third-order valence-corrected chi connectivity index (χ3v) is 7.46. The Bertz CT molecular complexity index is 1430. The normalized spacial score (nSPS) is 13.6. The fourth-order valence-electron chi connectivity index (χ4n) is 4.96. The second-order valence-corrected chi connectivity index (χ2v) is 10.8. The van der Waals surface area contributed by atoms with Crippen molar-refractivity contribution in [2.24, 2.45) is 5.41 Å². The molecule has 0 saturated heterocycles. The van der Waals surface area contributed by atoms with Gasteiger partial charge in [0.25, 0.3) is 0 Å². The predicted molar refractivity (Wildman–Crippen MR) is 156 cm³/mol. The number of rotatable bonds is 9. The van der Waals surface area contributed by atoms with Crippen LogP contribution in [-0.2, 0) is 6.42 Å². The van der Waals surface area contributed by atoms with Gasteiger partial charge < -0.3 is 5.32 Å². The summed E-state index contributed by atoms with van der Waals surface area (Å²) >= 11 is 6.14. The fraction of sp³-hybridized carbons (Fsp3) is 0.235. The van der Waals surface area contributed by atoms with E-state index in [4.69, 9.17) is 11.6 Å². The molecule has 1 N–H and O–H groups in total. The third kappa shape index (κ3) is 6.51. The zero-order valence-corrected chi connectivity index (χ0v) is 22.8. The molecule has 0 heterocycles. The Morgan fingerprint density at radius 3 is 2.08 bits per heavy atom. The lowest BCUT2D eigenvalue weighted by molar-refractivity contribution is 0.281. The molecular formula is C34H32ClN3. The quantitative estimate of drug-likeness (QED) is 0.242. The summed E-state index contributed by atoms with van der Waals surface area (Å²) in [6.07, 6.45) is 0.771. The lowest BCUT2D eigenvalue weighted by atomic mass is 9.79. The molecule has 0 aromatic heterocycles. The summed E-state index contributed by atoms with van der Waals surface area (Å²) < 4.78 is 0. The SMILES string of the molecule is C[C@H](NC(c1ccc(-c2ccccc2)cc1)C(C)(C)C#N)[C@@H](Cc1ccc(Cl)cc1)c1cccc(C#N)c1. The lowest BCUT2D eigenvalue weighted by Gasteiger charge is -2.36. The van der Waals surface area contributed by atoms with Crippen LogP contribution in [0.25, 0.3) is 11.1 Å². The first-order valence-corrected chi connectivity index (χ1v) is 13.3. The van der Waals surface area contributed by atoms with Crippen molar-refractivity contribution >= 4 is 11.6 Å². The van der Waals surface area contributed by atoms with Crippen LogP contribution in [0.15, 0.2) is 103 Å². The van der Waals surface area contributed by atoms with Crippen molar-refractivity contribution < 1.29 is 0 Å². The molecule has 0 amide bonds. The zero-order chi connectivity index (χ0) is 27.1. The summed E-state index contributed by atoms with van der Waals surface area (Å²) in [5.41, 5.74) is 5.62. The molecule has 4 aromatic carbocycles. The summed E-state index contributed by atoms with van der Waals surface area (Å²) in [7, 11) is 0. The first-order chi connectivity index (χ1) is 18.3. The van der Waals surface area contributed by atoms with E-state index in [1.54, 1.807) is 0 Å². The molecule has 0 aliphatic rings. The van der Waals surface area contributed by atoms with Crippen molar-refractivity contribution in [1.29, 1.82) is 10.5 Å². The Morgan fingerprint density at radius 1 is 0.789 bits per heavy atom. The molecule has 3 nitrogen and oxygen atoms in total. The van der Waals surface area contributed by atoms with Gasteiger partial charge in [-0.1, -0.05) is 90.5 Å². The predicted octanol–water partition coefficient (Wildman–Crippen LogP) is 8.47. The molecule has 4 aromatic rings. The molecule has 4 heteroatoms. The maximum Gasteiger partial charge on any atom is 0.0991 e. The average Bonchev–Trinajstić information content (AvgIpc) is 2.96. The topological polar surface area (TPSA) is 59.6 Å². The molecule has 0 radical (unpaired) electrons. The van der Waals surface area contributed by atoms with Gasteiger partial charge in [-0.05, 0) is 79.3 Å². The Hall–Kier alpha value is -3.89. The first kappa shape index (κ1) is 27.2. The molecule has 0 aliphatic carbocycles. The largest absolute Gasteiger partial charge is 0.305 e. The van der Waals surface area contributed by atoms with E-state index in [0.717, 1.165) is 28.7 Å². The Morgan fingerprint density at radius 2 is 1.45 bits per heavy atom. The highest BCUT2D eigenvalue weighted by molar-refractivity contribution is 6.30. The average molecular weight is 518 g/mol. The van der Waals surface area contributed by atoms with Crippen LogP contribution in [0.1, 0.15) is 55.0 Å². The minimum atomic E-state index is -0.651. The standard InChI is InChI=1S/C34H32ClN3/c1-24(32(21-25-12-18-31(35)19-13-25)30-11-7-8-26(20-30)22-36)38-33(34(2,3)23-37)29-16-14-28(15-17-29)27-9-5-4-6-10-27/h4-20,24,32-33,38H,21H2,1-3H3/t24-,32+,33?/m0/s1. The molecule has 0 fully saturated rings. The van der Waals surface area contributed by atoms with Crippen molar-refractivity contribution in [1.82, 2.24) is 5.32 Å². The van der Waals surface area contributed by atoms with Gasteiger partial charge in [-0.15, -0.1) is 0 Å². The van der Waals surface area contributed by atoms with Crippen molar-refractivity contribution in [2.45, 2.75) is 45.2 Å². The minimum absolute atomic E-state index is 0.00560. The van der Waals surface area contributed by atoms with Gasteiger partial charge in [-0.2, -0.15) is 10.5 Å². The van der Waals surface area contributed by atoms with Crippen LogP contribution in [-0.4, -0.2) is 6.04 Å². The van der Waals surface area contributed by atoms with Gasteiger partial charge in [0.1, 0.15) is 0 Å². The van der Waals surface area contributed by atoms with Crippen molar-refractivity contribution in [2.75, 3.05) is 0 Å². The van der Waals surface area contributed by atoms with Gasteiger partial charge >= 0.3 is 0 Å². The third-order valence-electron chi connectivity index (χ3n) is 7.21. The molecule has 38 heavy (non-hydrogen) atoms. The maximum absolute atomic E-state index is 10.1. The monoisotopic (exact) mass is 517 g/mol. The molecule has 1 unspecified atom stereocenters. The molecule has 0 bridgehead atoms. The number of hydrogen-bond donors (Lipinski definition) is 1. The smallest absolute Gasteiger partial charge is 0.0991 e. The summed E-state index contributed by atoms with van der Waals surface area (Å²) in [6.45, 7) is 6.12. The Labute approximate surface area is 231 Å². The van der Waals surface area contributed by atoms with Crippen LogP contribution in [0.4, 0.5) is 0 Å². The fourth-order valence-corrected chi connectivity index (χ4v) is 5.09. The van der Waals surface area contributed by atoms with Gasteiger partial charge in [0, 0.05) is 17.0 Å². The number of nitrogens with one attached hydrogen (secondary N) is 1. The number of halogens is 1. The molecule has 190 valence electrons. The molecule has 0 aliphatic heterocycles. The highest BCUT2D eigenvalue weighted by Crippen LogP contribution is 2.36. The van der Waals surface area contributed by atoms with E-state index >= 15 is 0 Å². The van der Waals surface area contributed by atoms with Crippen molar-refractivity contribution in [3.05, 3.63) is 130 Å². The van der Waals surface area contributed by atoms with Crippen LogP contribution in [0.2, 0.25) is 5.02 Å². The van der Waals surface area contributed by atoms with E-state index in [-0.39, 0.29) is 18.0 Å². The van der Waals surface area contributed by atoms with Crippen LogP contribution in [0.3, 0.4) is 0 Å². The first-order valence-electron chi connectivity index (χ1n) is 12.9. The van der Waals surface area contributed by atoms with Crippen LogP contribution < -0.4 is 5.32 Å². The summed E-state index contributed by atoms with van der Waals surface area (Å²) in [5, 5.41) is 24.2. The number of nitriles is 2. The number of benzene rings is 4. The lowest BCUT2D eigenvalue weighted by Crippen LogP contribution is -2.42. The second kappa shape index (κ2) is 12.1. The summed E-state index contributed by atoms with van der Waals surface area (Å²) in [4.78, 5) is 0. The van der Waals surface area contributed by atoms with Gasteiger partial charge in [0.05, 0.1) is 29.2 Å². The van der Waals surface area contributed by atoms with E-state index in [1.807, 2.05) is 62.4 Å². The second-order valence-electron chi connectivity index (χ2n) is 10.4. The molecule has 0 spiro atoms. The summed E-state index contributed by atoms with van der Waals surface area (Å²) in [5.74, 6) is 0.0741. The Balaban J connectivity index is 1.67. The molecule has 3 atom stereocenters. The highest BCUT2D eigenvalue weighted by atomic mass is 35.5. The van der Waals surface area contributed by atoms with Crippen LogP contribution in [0.5, 0.6) is 0 Å². The zero-order valence-electron chi connectivity index (χ0n) is 22.0. The van der Waals surface area contributed by atoms with Crippen LogP contribution >= 0.6 is 11.6 Å². The minimum Gasteiger partial charge on any atom is -0.305 e. The van der Waals surface area contributed by atoms with E-state index in [1.165, 1.54) is 5.56 Å².